The minimum atomic E-state index is -3.71. The van der Waals surface area contributed by atoms with Crippen LogP contribution in [-0.4, -0.2) is 39.4 Å². The van der Waals surface area contributed by atoms with Crippen LogP contribution in [0.2, 0.25) is 5.02 Å². The van der Waals surface area contributed by atoms with E-state index in [2.05, 4.69) is 11.9 Å². The Kier molecular flexibility index (Phi) is 7.13. The molecule has 0 unspecified atom stereocenters. The normalized spacial score (nSPS) is 14.3. The molecule has 1 aliphatic heterocycles. The summed E-state index contributed by atoms with van der Waals surface area (Å²) in [5.74, 6) is 1.71. The molecule has 0 amide bonds. The van der Waals surface area contributed by atoms with Crippen molar-refractivity contribution < 1.29 is 22.6 Å². The molecule has 9 heteroatoms. The lowest BCUT2D eigenvalue weighted by Gasteiger charge is -2.32. The van der Waals surface area contributed by atoms with Gasteiger partial charge in [0.1, 0.15) is 32.9 Å². The lowest BCUT2D eigenvalue weighted by Crippen LogP contribution is -2.36. The van der Waals surface area contributed by atoms with E-state index >= 15 is 0 Å². The van der Waals surface area contributed by atoms with E-state index in [4.69, 9.17) is 25.8 Å². The molecule has 0 radical (unpaired) electrons. The van der Waals surface area contributed by atoms with Crippen LogP contribution < -0.4 is 19.1 Å². The van der Waals surface area contributed by atoms with Crippen LogP contribution in [0.4, 0.5) is 5.69 Å². The van der Waals surface area contributed by atoms with Gasteiger partial charge in [0, 0.05) is 18.5 Å². The van der Waals surface area contributed by atoms with Crippen LogP contribution in [0.1, 0.15) is 19.8 Å². The molecular weight excluding hydrogens is 512 g/mol. The van der Waals surface area contributed by atoms with E-state index in [1.807, 2.05) is 41.3 Å². The molecule has 0 spiro atoms. The van der Waals surface area contributed by atoms with Gasteiger partial charge in [-0.25, -0.2) is 8.42 Å². The lowest BCUT2D eigenvalue weighted by molar-refractivity contribution is 0.409. The fraction of sp³-hybridized carbons (Fsp3) is 0.250. The second-order valence-corrected chi connectivity index (χ2v) is 11.2. The highest BCUT2D eigenvalue weighted by molar-refractivity contribution is 7.91. The predicted octanol–water partition coefficient (Wildman–Crippen LogP) is 6.88. The fourth-order valence-corrected chi connectivity index (χ4v) is 6.41. The molecule has 192 valence electrons. The first kappa shape index (κ1) is 25.2. The number of rotatable bonds is 8. The van der Waals surface area contributed by atoms with Crippen molar-refractivity contribution in [3.05, 3.63) is 71.8 Å². The highest BCUT2D eigenvalue weighted by Gasteiger charge is 2.37. The molecule has 0 bridgehead atoms. The first-order chi connectivity index (χ1) is 17.9. The van der Waals surface area contributed by atoms with Gasteiger partial charge in [0.2, 0.25) is 11.8 Å². The molecule has 0 fully saturated rings. The molecule has 7 nitrogen and oxygen atoms in total. The van der Waals surface area contributed by atoms with Crippen LogP contribution in [0.25, 0.3) is 10.8 Å². The van der Waals surface area contributed by atoms with Crippen molar-refractivity contribution in [2.24, 2.45) is 0 Å². The first-order valence-electron chi connectivity index (χ1n) is 12.1. The summed E-state index contributed by atoms with van der Waals surface area (Å²) in [7, 11) is -2.12. The van der Waals surface area contributed by atoms with Crippen LogP contribution in [0.15, 0.2) is 71.6 Å². The summed E-state index contributed by atoms with van der Waals surface area (Å²) in [6.07, 6.45) is 1.84. The molecule has 3 aromatic carbocycles. The smallest absolute Gasteiger partial charge is 0.247 e. The number of benzene rings is 3. The Morgan fingerprint density at radius 1 is 0.946 bits per heavy atom. The second kappa shape index (κ2) is 10.5. The van der Waals surface area contributed by atoms with Crippen molar-refractivity contribution in [1.82, 2.24) is 4.98 Å². The minimum Gasteiger partial charge on any atom is -0.497 e. The molecule has 5 rings (SSSR count). The van der Waals surface area contributed by atoms with Crippen molar-refractivity contribution >= 4 is 37.9 Å². The second-order valence-electron chi connectivity index (χ2n) is 8.73. The van der Waals surface area contributed by atoms with Crippen molar-refractivity contribution in [3.63, 3.8) is 0 Å². The average Bonchev–Trinajstić information content (AvgIpc) is 2.91. The Balaban J connectivity index is 1.67. The van der Waals surface area contributed by atoms with E-state index < -0.39 is 9.84 Å². The van der Waals surface area contributed by atoms with Gasteiger partial charge in [0.25, 0.3) is 0 Å². The third-order valence-corrected chi connectivity index (χ3v) is 8.48. The Hall–Kier alpha value is -3.49. The van der Waals surface area contributed by atoms with Gasteiger partial charge in [0.05, 0.1) is 12.9 Å². The van der Waals surface area contributed by atoms with E-state index in [9.17, 15) is 8.42 Å². The topological polar surface area (TPSA) is 78.0 Å². The summed E-state index contributed by atoms with van der Waals surface area (Å²) in [6, 6.07) is 20.4. The number of anilines is 1. The van der Waals surface area contributed by atoms with Gasteiger partial charge in [-0.15, -0.1) is 0 Å². The number of sulfone groups is 1. The van der Waals surface area contributed by atoms with Gasteiger partial charge in [-0.05, 0) is 42.1 Å². The number of unbranched alkanes of at least 4 members (excludes halogenated alkanes) is 1. The number of fused-ring (bicyclic) bond motifs is 2. The number of hydrogen-bond donors (Lipinski definition) is 0. The molecule has 0 N–H and O–H groups in total. The van der Waals surface area contributed by atoms with Gasteiger partial charge in [-0.1, -0.05) is 61.3 Å². The molecule has 0 aliphatic carbocycles. The molecule has 0 saturated heterocycles. The number of halogens is 1. The molecular formula is C28H27ClN2O5S. The van der Waals surface area contributed by atoms with E-state index in [-0.39, 0.29) is 27.4 Å². The highest BCUT2D eigenvalue weighted by atomic mass is 35.5. The maximum absolute atomic E-state index is 13.4. The van der Waals surface area contributed by atoms with E-state index in [1.54, 1.807) is 37.4 Å². The van der Waals surface area contributed by atoms with Gasteiger partial charge >= 0.3 is 0 Å². The molecule has 1 aliphatic rings. The fourth-order valence-electron chi connectivity index (χ4n) is 4.35. The molecule has 2 heterocycles. The number of nitrogens with zero attached hydrogens (tertiary/aromatic N) is 2. The summed E-state index contributed by atoms with van der Waals surface area (Å²) in [5.41, 5.74) is 0.366. The zero-order valence-electron chi connectivity index (χ0n) is 20.6. The van der Waals surface area contributed by atoms with E-state index in [1.165, 1.54) is 0 Å². The first-order valence-corrected chi connectivity index (χ1v) is 14.1. The number of hydrogen-bond acceptors (Lipinski definition) is 7. The van der Waals surface area contributed by atoms with Crippen LogP contribution in [0, 0.1) is 0 Å². The van der Waals surface area contributed by atoms with Gasteiger partial charge < -0.3 is 19.1 Å². The Morgan fingerprint density at radius 2 is 1.68 bits per heavy atom. The molecule has 0 atom stereocenters. The SMILES string of the molecule is CCCCN1CCS(=O)(=O)c2c(Cl)c(Oc3cccc4ccccc34)nc(Oc3ccc(OC)cc3)c21. The summed E-state index contributed by atoms with van der Waals surface area (Å²) in [6.45, 7) is 3.07. The van der Waals surface area contributed by atoms with Crippen molar-refractivity contribution in [2.75, 3.05) is 30.9 Å². The number of aromatic nitrogens is 1. The zero-order valence-corrected chi connectivity index (χ0v) is 22.2. The molecule has 1 aromatic heterocycles. The number of methoxy groups -OCH3 is 1. The van der Waals surface area contributed by atoms with Crippen LogP contribution in [0.5, 0.6) is 29.0 Å². The van der Waals surface area contributed by atoms with Gasteiger partial charge in [0.15, 0.2) is 9.84 Å². The summed E-state index contributed by atoms with van der Waals surface area (Å²) in [5, 5.41) is 1.78. The van der Waals surface area contributed by atoms with Crippen molar-refractivity contribution in [3.8, 4) is 29.0 Å². The Labute approximate surface area is 221 Å². The average molecular weight is 539 g/mol. The zero-order chi connectivity index (χ0) is 26.0. The number of ether oxygens (including phenoxy) is 3. The van der Waals surface area contributed by atoms with Crippen molar-refractivity contribution in [1.29, 1.82) is 0 Å². The molecule has 0 saturated carbocycles. The quantitative estimate of drug-likeness (QED) is 0.242. The van der Waals surface area contributed by atoms with Crippen LogP contribution in [-0.2, 0) is 9.84 Å². The lowest BCUT2D eigenvalue weighted by atomic mass is 10.1. The van der Waals surface area contributed by atoms with Crippen LogP contribution in [0.3, 0.4) is 0 Å². The maximum atomic E-state index is 13.4. The minimum absolute atomic E-state index is 0.00901. The standard InChI is InChI=1S/C28H27ClN2O5S/c1-3-4-16-31-17-18-37(32,33)26-24(29)27(36-23-11-7-9-19-8-5-6-10-22(19)23)30-28(25(26)31)35-21-14-12-20(34-2)13-15-21/h5-15H,3-4,16-18H2,1-2H3. The van der Waals surface area contributed by atoms with Crippen LogP contribution >= 0.6 is 11.6 Å². The largest absolute Gasteiger partial charge is 0.497 e. The van der Waals surface area contributed by atoms with Crippen molar-refractivity contribution in [2.45, 2.75) is 24.7 Å². The van der Waals surface area contributed by atoms with E-state index in [0.29, 0.717) is 36.0 Å². The maximum Gasteiger partial charge on any atom is 0.247 e. The predicted molar refractivity (Wildman–Crippen MR) is 146 cm³/mol. The highest BCUT2D eigenvalue weighted by Crippen LogP contribution is 2.48. The third kappa shape index (κ3) is 5.04. The van der Waals surface area contributed by atoms with Gasteiger partial charge in [-0.3, -0.25) is 0 Å². The Bertz CT molecular complexity index is 1540. The number of pyridine rings is 1. The molecule has 4 aromatic rings. The van der Waals surface area contributed by atoms with E-state index in [0.717, 1.165) is 23.6 Å². The summed E-state index contributed by atoms with van der Waals surface area (Å²) < 4.78 is 44.3. The molecule has 37 heavy (non-hydrogen) atoms. The summed E-state index contributed by atoms with van der Waals surface area (Å²) >= 11 is 6.76. The summed E-state index contributed by atoms with van der Waals surface area (Å²) in [4.78, 5) is 6.61. The monoisotopic (exact) mass is 538 g/mol. The third-order valence-electron chi connectivity index (χ3n) is 6.28. The van der Waals surface area contributed by atoms with Gasteiger partial charge in [-0.2, -0.15) is 4.98 Å². The Morgan fingerprint density at radius 3 is 2.43 bits per heavy atom.